The highest BCUT2D eigenvalue weighted by Crippen LogP contribution is 2.41. The number of alkyl halides is 6. The summed E-state index contributed by atoms with van der Waals surface area (Å²) < 4.78 is 82.2. The zero-order valence-corrected chi connectivity index (χ0v) is 23.6. The van der Waals surface area contributed by atoms with Crippen molar-refractivity contribution in [2.45, 2.75) is 44.7 Å². The number of aromatic nitrogens is 1. The van der Waals surface area contributed by atoms with Crippen LogP contribution in [0.2, 0.25) is 10.0 Å². The average Bonchev–Trinajstić information content (AvgIpc) is 2.90. The molecule has 4 nitrogen and oxygen atoms in total. The summed E-state index contributed by atoms with van der Waals surface area (Å²) in [6, 6.07) is 10.8. The standard InChI is InChI=1S/C30H22Cl2F6N2O2/c1-15-6-7-17-4-3-5-22-24(21-9-8-20(31)13-23(21)32)25(28(42)40(15)26(17)22)27(41)39(2)14-16-10-18(29(33,34)35)12-19(11-16)30(36,37)38/h3-5,8-13,15H,6-7,14H2,1-2H3. The van der Waals surface area contributed by atoms with E-state index in [9.17, 15) is 35.9 Å². The molecule has 1 aliphatic rings. The van der Waals surface area contributed by atoms with Gasteiger partial charge in [0.2, 0.25) is 0 Å². The molecule has 0 bridgehead atoms. The van der Waals surface area contributed by atoms with Gasteiger partial charge in [-0.1, -0.05) is 47.5 Å². The number of nitrogens with zero attached hydrogens (tertiary/aromatic N) is 2. The molecule has 5 rings (SSSR count). The minimum atomic E-state index is -5.05. The fourth-order valence-corrected chi connectivity index (χ4v) is 5.98. The summed E-state index contributed by atoms with van der Waals surface area (Å²) in [6.45, 7) is 1.21. The third-order valence-corrected chi connectivity index (χ3v) is 7.96. The molecule has 0 N–H and O–H groups in total. The predicted molar refractivity (Wildman–Crippen MR) is 149 cm³/mol. The lowest BCUT2D eigenvalue weighted by molar-refractivity contribution is -0.143. The predicted octanol–water partition coefficient (Wildman–Crippen LogP) is 8.79. The molecule has 42 heavy (non-hydrogen) atoms. The Balaban J connectivity index is 1.72. The van der Waals surface area contributed by atoms with E-state index in [4.69, 9.17) is 23.2 Å². The first-order chi connectivity index (χ1) is 19.6. The Morgan fingerprint density at radius 3 is 2.21 bits per heavy atom. The van der Waals surface area contributed by atoms with E-state index in [0.29, 0.717) is 46.5 Å². The van der Waals surface area contributed by atoms with Crippen molar-refractivity contribution >= 4 is 40.0 Å². The third-order valence-electron chi connectivity index (χ3n) is 7.41. The number of hydrogen-bond acceptors (Lipinski definition) is 2. The molecule has 3 aromatic carbocycles. The van der Waals surface area contributed by atoms with Gasteiger partial charge < -0.3 is 9.47 Å². The van der Waals surface area contributed by atoms with Gasteiger partial charge in [0.05, 0.1) is 16.6 Å². The van der Waals surface area contributed by atoms with Crippen LogP contribution in [0.1, 0.15) is 52.0 Å². The molecule has 2 heterocycles. The van der Waals surface area contributed by atoms with Crippen LogP contribution >= 0.6 is 23.2 Å². The van der Waals surface area contributed by atoms with Gasteiger partial charge in [0, 0.05) is 46.2 Å². The minimum Gasteiger partial charge on any atom is -0.337 e. The molecule has 12 heteroatoms. The molecule has 0 fully saturated rings. The Hall–Kier alpha value is -3.50. The van der Waals surface area contributed by atoms with Crippen molar-refractivity contribution in [3.05, 3.63) is 103 Å². The smallest absolute Gasteiger partial charge is 0.337 e. The molecule has 1 amide bonds. The summed E-state index contributed by atoms with van der Waals surface area (Å²) in [6.07, 6.45) is -8.79. The molecular formula is C30H22Cl2F6N2O2. The van der Waals surface area contributed by atoms with Crippen LogP contribution in [0.25, 0.3) is 22.0 Å². The fraction of sp³-hybridized carbons (Fsp3) is 0.267. The van der Waals surface area contributed by atoms with Crippen molar-refractivity contribution in [2.24, 2.45) is 0 Å². The zero-order valence-electron chi connectivity index (χ0n) is 22.1. The fourth-order valence-electron chi connectivity index (χ4n) is 5.47. The molecule has 1 aliphatic heterocycles. The molecule has 1 aromatic heterocycles. The number of carbonyl (C=O) groups excluding carboxylic acids is 1. The number of carbonyl (C=O) groups is 1. The first-order valence-electron chi connectivity index (χ1n) is 12.8. The zero-order chi connectivity index (χ0) is 30.7. The van der Waals surface area contributed by atoms with Gasteiger partial charge in [-0.25, -0.2) is 0 Å². The normalized spacial score (nSPS) is 15.2. The van der Waals surface area contributed by atoms with Crippen molar-refractivity contribution in [1.29, 1.82) is 0 Å². The van der Waals surface area contributed by atoms with Gasteiger partial charge in [-0.15, -0.1) is 0 Å². The number of rotatable bonds is 4. The van der Waals surface area contributed by atoms with Gasteiger partial charge in [-0.05, 0) is 61.2 Å². The van der Waals surface area contributed by atoms with Crippen LogP contribution in [-0.4, -0.2) is 22.4 Å². The number of para-hydroxylation sites is 1. The van der Waals surface area contributed by atoms with Crippen LogP contribution in [0.4, 0.5) is 26.3 Å². The summed E-state index contributed by atoms with van der Waals surface area (Å²) >= 11 is 12.6. The van der Waals surface area contributed by atoms with Crippen LogP contribution in [0.5, 0.6) is 0 Å². The lowest BCUT2D eigenvalue weighted by Gasteiger charge is -2.29. The Labute approximate surface area is 246 Å². The van der Waals surface area contributed by atoms with Crippen LogP contribution in [0.15, 0.2) is 59.4 Å². The van der Waals surface area contributed by atoms with E-state index in [-0.39, 0.29) is 28.3 Å². The van der Waals surface area contributed by atoms with Crippen molar-refractivity contribution in [3.63, 3.8) is 0 Å². The van der Waals surface area contributed by atoms with Gasteiger partial charge in [-0.2, -0.15) is 26.3 Å². The quantitative estimate of drug-likeness (QED) is 0.212. The van der Waals surface area contributed by atoms with Crippen molar-refractivity contribution in [1.82, 2.24) is 9.47 Å². The van der Waals surface area contributed by atoms with E-state index < -0.39 is 47.1 Å². The lowest BCUT2D eigenvalue weighted by atomic mass is 9.89. The summed E-state index contributed by atoms with van der Waals surface area (Å²) in [5.74, 6) is -0.888. The number of benzene rings is 3. The van der Waals surface area contributed by atoms with Crippen LogP contribution in [0.3, 0.4) is 0 Å². The third kappa shape index (κ3) is 5.38. The summed E-state index contributed by atoms with van der Waals surface area (Å²) in [7, 11) is 1.21. The molecule has 220 valence electrons. The summed E-state index contributed by atoms with van der Waals surface area (Å²) in [4.78, 5) is 29.1. The molecule has 4 aromatic rings. The van der Waals surface area contributed by atoms with Crippen molar-refractivity contribution in [2.75, 3.05) is 7.05 Å². The number of amides is 1. The van der Waals surface area contributed by atoms with Crippen molar-refractivity contribution < 1.29 is 31.1 Å². The highest BCUT2D eigenvalue weighted by molar-refractivity contribution is 6.37. The Kier molecular flexibility index (Phi) is 7.60. The van der Waals surface area contributed by atoms with E-state index in [1.54, 1.807) is 18.2 Å². The molecule has 0 aliphatic carbocycles. The monoisotopic (exact) mass is 626 g/mol. The Bertz CT molecular complexity index is 1760. The highest BCUT2D eigenvalue weighted by atomic mass is 35.5. The molecular weight excluding hydrogens is 605 g/mol. The highest BCUT2D eigenvalue weighted by Gasteiger charge is 2.37. The average molecular weight is 627 g/mol. The van der Waals surface area contributed by atoms with E-state index in [1.165, 1.54) is 23.7 Å². The van der Waals surface area contributed by atoms with E-state index >= 15 is 0 Å². The van der Waals surface area contributed by atoms with Gasteiger partial charge in [0.1, 0.15) is 5.56 Å². The Morgan fingerprint density at radius 1 is 0.976 bits per heavy atom. The van der Waals surface area contributed by atoms with Crippen LogP contribution < -0.4 is 5.56 Å². The van der Waals surface area contributed by atoms with E-state index in [2.05, 4.69) is 0 Å². The van der Waals surface area contributed by atoms with Gasteiger partial charge in [-0.3, -0.25) is 9.59 Å². The van der Waals surface area contributed by atoms with Crippen LogP contribution in [-0.2, 0) is 25.3 Å². The maximum atomic E-state index is 14.1. The van der Waals surface area contributed by atoms with Gasteiger partial charge in [0.25, 0.3) is 11.5 Å². The van der Waals surface area contributed by atoms with Crippen molar-refractivity contribution in [3.8, 4) is 11.1 Å². The first kappa shape index (κ1) is 30.0. The number of pyridine rings is 1. The second-order valence-electron chi connectivity index (χ2n) is 10.3. The van der Waals surface area contributed by atoms with E-state index in [0.717, 1.165) is 10.5 Å². The maximum Gasteiger partial charge on any atom is 0.416 e. The van der Waals surface area contributed by atoms with Gasteiger partial charge in [0.15, 0.2) is 0 Å². The molecule has 0 saturated carbocycles. The maximum absolute atomic E-state index is 14.1. The molecule has 0 spiro atoms. The largest absolute Gasteiger partial charge is 0.416 e. The SMILES string of the molecule is CC1CCc2cccc3c(-c4ccc(Cl)cc4Cl)c(C(=O)N(C)Cc4cc(C(F)(F)F)cc(C(F)(F)F)c4)c(=O)n1c23. The molecule has 1 atom stereocenters. The molecule has 1 unspecified atom stereocenters. The Morgan fingerprint density at radius 2 is 1.62 bits per heavy atom. The molecule has 0 radical (unpaired) electrons. The number of aryl methyl sites for hydroxylation is 1. The lowest BCUT2D eigenvalue weighted by Crippen LogP contribution is -2.37. The number of hydrogen-bond donors (Lipinski definition) is 0. The second-order valence-corrected chi connectivity index (χ2v) is 11.2. The number of halogens is 8. The summed E-state index contributed by atoms with van der Waals surface area (Å²) in [5, 5.41) is 1.02. The molecule has 0 saturated heterocycles. The van der Waals surface area contributed by atoms with Gasteiger partial charge >= 0.3 is 12.4 Å². The van der Waals surface area contributed by atoms with E-state index in [1.807, 2.05) is 13.0 Å². The topological polar surface area (TPSA) is 42.3 Å². The summed E-state index contributed by atoms with van der Waals surface area (Å²) in [5.41, 5.74) is -2.28. The minimum absolute atomic E-state index is 0.0193. The first-order valence-corrected chi connectivity index (χ1v) is 13.5. The van der Waals surface area contributed by atoms with Crippen LogP contribution in [0, 0.1) is 0 Å². The second kappa shape index (κ2) is 10.6.